The van der Waals surface area contributed by atoms with Gasteiger partial charge in [-0.1, -0.05) is 25.0 Å². The molecule has 0 aromatic heterocycles. The smallest absolute Gasteiger partial charge is 0.388 e. The van der Waals surface area contributed by atoms with Crippen LogP contribution in [0.3, 0.4) is 0 Å². The molecule has 0 aliphatic heterocycles. The molecule has 0 saturated heterocycles. The maximum absolute atomic E-state index is 12.5. The molecule has 1 saturated carbocycles. The van der Waals surface area contributed by atoms with Crippen LogP contribution in [0.25, 0.3) is 0 Å². The van der Waals surface area contributed by atoms with Crippen LogP contribution in [0, 0.1) is 0 Å². The third kappa shape index (κ3) is 6.23. The summed E-state index contributed by atoms with van der Waals surface area (Å²) < 4.78 is 37.6. The van der Waals surface area contributed by atoms with E-state index in [4.69, 9.17) is 0 Å². The summed E-state index contributed by atoms with van der Waals surface area (Å²) in [6.45, 7) is 3.57. The minimum atomic E-state index is -4.30. The van der Waals surface area contributed by atoms with E-state index in [2.05, 4.69) is 15.6 Å². The molecule has 25 heavy (non-hydrogen) atoms. The largest absolute Gasteiger partial charge is 0.416 e. The number of aliphatic imine (C=N–C) groups is 1. The summed E-state index contributed by atoms with van der Waals surface area (Å²) in [5, 5.41) is 16.6. The predicted molar refractivity (Wildman–Crippen MR) is 92.5 cm³/mol. The first-order valence-corrected chi connectivity index (χ1v) is 8.73. The van der Waals surface area contributed by atoms with Crippen molar-refractivity contribution in [1.82, 2.24) is 10.6 Å². The van der Waals surface area contributed by atoms with E-state index < -0.39 is 17.3 Å². The van der Waals surface area contributed by atoms with Crippen molar-refractivity contribution < 1.29 is 18.3 Å². The van der Waals surface area contributed by atoms with Gasteiger partial charge in [-0.05, 0) is 43.9 Å². The van der Waals surface area contributed by atoms with Gasteiger partial charge in [0.25, 0.3) is 0 Å². The van der Waals surface area contributed by atoms with Gasteiger partial charge in [-0.2, -0.15) is 13.2 Å². The van der Waals surface area contributed by atoms with Crippen LogP contribution in [0.5, 0.6) is 0 Å². The molecule has 0 heterocycles. The van der Waals surface area contributed by atoms with Crippen molar-refractivity contribution in [2.24, 2.45) is 4.99 Å². The highest BCUT2D eigenvalue weighted by atomic mass is 19.4. The van der Waals surface area contributed by atoms with Gasteiger partial charge < -0.3 is 15.7 Å². The van der Waals surface area contributed by atoms with E-state index in [1.165, 1.54) is 12.1 Å². The fourth-order valence-corrected chi connectivity index (χ4v) is 2.94. The molecule has 0 atom stereocenters. The van der Waals surface area contributed by atoms with Crippen LogP contribution in [0.2, 0.25) is 0 Å². The highest BCUT2D eigenvalue weighted by Gasteiger charge is 2.31. The maximum Gasteiger partial charge on any atom is 0.416 e. The lowest BCUT2D eigenvalue weighted by Gasteiger charge is -2.20. The summed E-state index contributed by atoms with van der Waals surface area (Å²) in [6, 6.07) is 5.19. The van der Waals surface area contributed by atoms with Crippen molar-refractivity contribution in [2.75, 3.05) is 19.6 Å². The summed E-state index contributed by atoms with van der Waals surface area (Å²) in [6.07, 6.45) is -0.0916. The number of halogens is 3. The second kappa shape index (κ2) is 8.56. The van der Waals surface area contributed by atoms with Gasteiger partial charge in [-0.15, -0.1) is 0 Å². The van der Waals surface area contributed by atoms with Gasteiger partial charge in [-0.25, -0.2) is 0 Å². The number of hydrogen-bond acceptors (Lipinski definition) is 2. The van der Waals surface area contributed by atoms with Crippen molar-refractivity contribution in [1.29, 1.82) is 0 Å². The molecule has 140 valence electrons. The monoisotopic (exact) mass is 357 g/mol. The van der Waals surface area contributed by atoms with E-state index in [9.17, 15) is 18.3 Å². The zero-order valence-corrected chi connectivity index (χ0v) is 14.5. The SMILES string of the molecule is CCNC(=NCC1(O)CCCC1)NCCc1ccc(C(F)(F)F)cc1. The number of benzene rings is 1. The fourth-order valence-electron chi connectivity index (χ4n) is 2.94. The van der Waals surface area contributed by atoms with Gasteiger partial charge in [0.05, 0.1) is 17.7 Å². The van der Waals surface area contributed by atoms with Gasteiger partial charge in [0.2, 0.25) is 0 Å². The van der Waals surface area contributed by atoms with E-state index in [0.29, 0.717) is 32.0 Å². The first-order chi connectivity index (χ1) is 11.8. The normalized spacial score (nSPS) is 17.6. The second-order valence-corrected chi connectivity index (χ2v) is 6.50. The summed E-state index contributed by atoms with van der Waals surface area (Å²) in [5.74, 6) is 0.620. The summed E-state index contributed by atoms with van der Waals surface area (Å²) in [4.78, 5) is 4.44. The molecule has 1 aliphatic carbocycles. The molecule has 1 aromatic carbocycles. The van der Waals surface area contributed by atoms with Crippen molar-refractivity contribution in [3.05, 3.63) is 35.4 Å². The van der Waals surface area contributed by atoms with Gasteiger partial charge in [0.15, 0.2) is 5.96 Å². The molecule has 0 spiro atoms. The zero-order valence-electron chi connectivity index (χ0n) is 14.5. The Hall–Kier alpha value is -1.76. The van der Waals surface area contributed by atoms with E-state index >= 15 is 0 Å². The van der Waals surface area contributed by atoms with Crippen LogP contribution in [0.15, 0.2) is 29.3 Å². The quantitative estimate of drug-likeness (QED) is 0.542. The van der Waals surface area contributed by atoms with Crippen LogP contribution in [0.1, 0.15) is 43.7 Å². The molecule has 1 fully saturated rings. The van der Waals surface area contributed by atoms with Crippen molar-refractivity contribution in [3.63, 3.8) is 0 Å². The van der Waals surface area contributed by atoms with E-state index in [1.807, 2.05) is 6.92 Å². The summed E-state index contributed by atoms with van der Waals surface area (Å²) >= 11 is 0. The third-order valence-electron chi connectivity index (χ3n) is 4.40. The molecule has 7 heteroatoms. The third-order valence-corrected chi connectivity index (χ3v) is 4.40. The van der Waals surface area contributed by atoms with Gasteiger partial charge in [0, 0.05) is 13.1 Å². The Morgan fingerprint density at radius 1 is 1.16 bits per heavy atom. The Balaban J connectivity index is 1.84. The van der Waals surface area contributed by atoms with E-state index in [0.717, 1.165) is 43.4 Å². The molecule has 0 radical (unpaired) electrons. The summed E-state index contributed by atoms with van der Waals surface area (Å²) in [5.41, 5.74) is -0.509. The molecular formula is C18H26F3N3O. The van der Waals surface area contributed by atoms with Gasteiger partial charge >= 0.3 is 6.18 Å². The summed E-state index contributed by atoms with van der Waals surface area (Å²) in [7, 11) is 0. The lowest BCUT2D eigenvalue weighted by molar-refractivity contribution is -0.137. The number of alkyl halides is 3. The number of nitrogens with one attached hydrogen (secondary N) is 2. The predicted octanol–water partition coefficient (Wildman–Crippen LogP) is 3.11. The van der Waals surface area contributed by atoms with Crippen LogP contribution in [-0.2, 0) is 12.6 Å². The number of hydrogen-bond donors (Lipinski definition) is 3. The van der Waals surface area contributed by atoms with Gasteiger partial charge in [0.1, 0.15) is 0 Å². The zero-order chi connectivity index (χ0) is 18.3. The Morgan fingerprint density at radius 2 is 1.80 bits per heavy atom. The lowest BCUT2D eigenvalue weighted by Crippen LogP contribution is -2.40. The van der Waals surface area contributed by atoms with E-state index in [1.54, 1.807) is 0 Å². The van der Waals surface area contributed by atoms with Crippen molar-refractivity contribution in [2.45, 2.75) is 50.8 Å². The first-order valence-electron chi connectivity index (χ1n) is 8.73. The first kappa shape index (κ1) is 19.6. The highest BCUT2D eigenvalue weighted by molar-refractivity contribution is 5.79. The molecule has 0 unspecified atom stereocenters. The van der Waals surface area contributed by atoms with Crippen LogP contribution in [-0.4, -0.2) is 36.3 Å². The number of rotatable bonds is 6. The fraction of sp³-hybridized carbons (Fsp3) is 0.611. The maximum atomic E-state index is 12.5. The molecule has 4 nitrogen and oxygen atoms in total. The minimum absolute atomic E-state index is 0.364. The molecule has 0 amide bonds. The average Bonchev–Trinajstić information content (AvgIpc) is 2.99. The second-order valence-electron chi connectivity index (χ2n) is 6.50. The molecule has 0 bridgehead atoms. The standard InChI is InChI=1S/C18H26F3N3O/c1-2-22-16(24-13-17(25)10-3-4-11-17)23-12-9-14-5-7-15(8-6-14)18(19,20)21/h5-8,25H,2-4,9-13H2,1H3,(H2,22,23,24). The number of guanidine groups is 1. The van der Waals surface area contributed by atoms with Crippen LogP contribution >= 0.6 is 0 Å². The Kier molecular flexibility index (Phi) is 6.70. The lowest BCUT2D eigenvalue weighted by atomic mass is 10.0. The Labute approximate surface area is 146 Å². The molecule has 1 aromatic rings. The van der Waals surface area contributed by atoms with Crippen molar-refractivity contribution >= 4 is 5.96 Å². The molecule has 1 aliphatic rings. The molecule has 2 rings (SSSR count). The number of nitrogens with zero attached hydrogens (tertiary/aromatic N) is 1. The minimum Gasteiger partial charge on any atom is -0.388 e. The molecule has 3 N–H and O–H groups in total. The van der Waals surface area contributed by atoms with Crippen LogP contribution in [0.4, 0.5) is 13.2 Å². The molecular weight excluding hydrogens is 331 g/mol. The Morgan fingerprint density at radius 3 is 2.36 bits per heavy atom. The number of aliphatic hydroxyl groups is 1. The average molecular weight is 357 g/mol. The van der Waals surface area contributed by atoms with Gasteiger partial charge in [-0.3, -0.25) is 4.99 Å². The Bertz CT molecular complexity index is 564. The van der Waals surface area contributed by atoms with Crippen LogP contribution < -0.4 is 10.6 Å². The topological polar surface area (TPSA) is 56.7 Å². The highest BCUT2D eigenvalue weighted by Crippen LogP contribution is 2.30. The van der Waals surface area contributed by atoms with E-state index in [-0.39, 0.29) is 0 Å². The van der Waals surface area contributed by atoms with Crippen molar-refractivity contribution in [3.8, 4) is 0 Å².